The van der Waals surface area contributed by atoms with Crippen LogP contribution in [0.25, 0.3) is 10.1 Å². The molecule has 1 aromatic heterocycles. The van der Waals surface area contributed by atoms with Crippen LogP contribution in [0.5, 0.6) is 11.5 Å². The van der Waals surface area contributed by atoms with Crippen LogP contribution in [0.1, 0.15) is 30.9 Å². The van der Waals surface area contributed by atoms with E-state index in [4.69, 9.17) is 9.47 Å². The van der Waals surface area contributed by atoms with Gasteiger partial charge in [-0.2, -0.15) is 0 Å². The maximum absolute atomic E-state index is 13.4. The fourth-order valence-electron chi connectivity index (χ4n) is 5.59. The molecule has 7 nitrogen and oxygen atoms in total. The van der Waals surface area contributed by atoms with Crippen molar-refractivity contribution in [1.29, 1.82) is 0 Å². The van der Waals surface area contributed by atoms with E-state index in [1.807, 2.05) is 18.2 Å². The van der Waals surface area contributed by atoms with Gasteiger partial charge in [0.25, 0.3) is 0 Å². The zero-order valence-electron chi connectivity index (χ0n) is 20.4. The van der Waals surface area contributed by atoms with Crippen LogP contribution in [0.2, 0.25) is 0 Å². The predicted octanol–water partition coefficient (Wildman–Crippen LogP) is 3.81. The molecule has 2 N–H and O–H groups in total. The Balaban J connectivity index is 1.15. The van der Waals surface area contributed by atoms with E-state index in [1.54, 1.807) is 11.3 Å². The Bertz CT molecular complexity index is 1220. The van der Waals surface area contributed by atoms with Gasteiger partial charge in [0.1, 0.15) is 19.3 Å². The third kappa shape index (κ3) is 4.90. The number of hydrogen-bond donors (Lipinski definition) is 2. The monoisotopic (exact) mass is 507 g/mol. The molecule has 0 saturated carbocycles. The Morgan fingerprint density at radius 3 is 2.75 bits per heavy atom. The lowest BCUT2D eigenvalue weighted by atomic mass is 9.99. The van der Waals surface area contributed by atoms with E-state index in [0.29, 0.717) is 37.8 Å². The van der Waals surface area contributed by atoms with Crippen molar-refractivity contribution in [3.05, 3.63) is 53.4 Å². The summed E-state index contributed by atoms with van der Waals surface area (Å²) in [6.45, 7) is 5.22. The zero-order chi connectivity index (χ0) is 24.5. The van der Waals surface area contributed by atoms with Crippen molar-refractivity contribution in [2.75, 3.05) is 50.8 Å². The zero-order valence-corrected chi connectivity index (χ0v) is 21.2. The number of carbonyl (C=O) groups is 1. The molecule has 3 aromatic rings. The number of nitrogens with zero attached hydrogens (tertiary/aromatic N) is 2. The largest absolute Gasteiger partial charge is 0.486 e. The minimum absolute atomic E-state index is 0.0236. The molecular formula is C28H33N3O4S. The highest BCUT2D eigenvalue weighted by molar-refractivity contribution is 7.17. The van der Waals surface area contributed by atoms with Gasteiger partial charge < -0.3 is 29.7 Å². The second-order valence-corrected chi connectivity index (χ2v) is 11.0. The molecule has 3 aliphatic rings. The second-order valence-electron chi connectivity index (χ2n) is 10.0. The lowest BCUT2D eigenvalue weighted by Crippen LogP contribution is -2.48. The van der Waals surface area contributed by atoms with Crippen molar-refractivity contribution in [2.24, 2.45) is 5.92 Å². The van der Waals surface area contributed by atoms with Crippen molar-refractivity contribution in [3.8, 4) is 11.5 Å². The normalized spacial score (nSPS) is 21.6. The Morgan fingerprint density at radius 1 is 1.06 bits per heavy atom. The van der Waals surface area contributed by atoms with Gasteiger partial charge in [0.2, 0.25) is 5.91 Å². The number of aliphatic hydroxyl groups is 1. The van der Waals surface area contributed by atoms with Crippen molar-refractivity contribution < 1.29 is 19.4 Å². The molecule has 0 aliphatic carbocycles. The molecule has 0 radical (unpaired) electrons. The molecule has 190 valence electrons. The van der Waals surface area contributed by atoms with Crippen molar-refractivity contribution in [3.63, 3.8) is 0 Å². The van der Waals surface area contributed by atoms with Gasteiger partial charge in [-0.3, -0.25) is 4.79 Å². The minimum atomic E-state index is -0.830. The average molecular weight is 508 g/mol. The summed E-state index contributed by atoms with van der Waals surface area (Å²) in [7, 11) is 0. The predicted molar refractivity (Wildman–Crippen MR) is 142 cm³/mol. The number of anilines is 1. The molecule has 2 aromatic carbocycles. The summed E-state index contributed by atoms with van der Waals surface area (Å²) in [5.41, 5.74) is 1.91. The molecule has 0 bridgehead atoms. The molecule has 0 spiro atoms. The summed E-state index contributed by atoms with van der Waals surface area (Å²) >= 11 is 1.75. The first-order chi connectivity index (χ1) is 17.6. The van der Waals surface area contributed by atoms with Crippen LogP contribution in [0, 0.1) is 5.92 Å². The van der Waals surface area contributed by atoms with Crippen LogP contribution in [0.4, 0.5) is 5.69 Å². The van der Waals surface area contributed by atoms with Crippen LogP contribution in [-0.4, -0.2) is 67.9 Å². The Hall–Kier alpha value is -2.81. The molecule has 4 heterocycles. The minimum Gasteiger partial charge on any atom is -0.486 e. The summed E-state index contributed by atoms with van der Waals surface area (Å²) in [5.74, 6) is 1.27. The van der Waals surface area contributed by atoms with Gasteiger partial charge in [-0.1, -0.05) is 12.1 Å². The van der Waals surface area contributed by atoms with Gasteiger partial charge in [0, 0.05) is 30.0 Å². The van der Waals surface area contributed by atoms with Crippen LogP contribution in [0.3, 0.4) is 0 Å². The van der Waals surface area contributed by atoms with Crippen molar-refractivity contribution >= 4 is 33.0 Å². The summed E-state index contributed by atoms with van der Waals surface area (Å²) in [5, 5.41) is 18.0. The number of benzene rings is 2. The SMILES string of the molecule is O=C(N[C@H](CN1CCCC1)[C@H](O)c1ccc2c(c1)OCCO2)C1CCN(c2ccc3ccsc3c2)C1. The van der Waals surface area contributed by atoms with Gasteiger partial charge in [-0.15, -0.1) is 11.3 Å². The van der Waals surface area contributed by atoms with Crippen LogP contribution in [-0.2, 0) is 4.79 Å². The molecule has 2 saturated heterocycles. The number of rotatable bonds is 7. The number of amides is 1. The van der Waals surface area contributed by atoms with Gasteiger partial charge >= 0.3 is 0 Å². The molecule has 1 unspecified atom stereocenters. The van der Waals surface area contributed by atoms with E-state index in [9.17, 15) is 9.90 Å². The molecule has 36 heavy (non-hydrogen) atoms. The first kappa shape index (κ1) is 23.6. The fourth-order valence-corrected chi connectivity index (χ4v) is 6.42. The van der Waals surface area contributed by atoms with Crippen molar-refractivity contribution in [2.45, 2.75) is 31.4 Å². The summed E-state index contributed by atoms with van der Waals surface area (Å²) < 4.78 is 12.6. The summed E-state index contributed by atoms with van der Waals surface area (Å²) in [6, 6.07) is 13.8. The highest BCUT2D eigenvalue weighted by atomic mass is 32.1. The van der Waals surface area contributed by atoms with E-state index < -0.39 is 12.1 Å². The standard InChI is InChI=1S/C28H33N3O4S/c32-27(20-4-6-24-25(15-20)35-13-12-34-24)23(18-30-9-1-2-10-30)29-28(33)21-7-11-31(17-21)22-5-3-19-8-14-36-26(19)16-22/h3-6,8,14-16,21,23,27,32H,1-2,7,9-13,17-18H2,(H,29,33)/t21?,23-,27-/m1/s1. The number of ether oxygens (including phenoxy) is 2. The summed E-state index contributed by atoms with van der Waals surface area (Å²) in [6.07, 6.45) is 2.30. The molecule has 8 heteroatoms. The second kappa shape index (κ2) is 10.3. The van der Waals surface area contributed by atoms with Crippen molar-refractivity contribution in [1.82, 2.24) is 10.2 Å². The van der Waals surface area contributed by atoms with E-state index in [1.165, 1.54) is 15.8 Å². The molecular weight excluding hydrogens is 474 g/mol. The lowest BCUT2D eigenvalue weighted by molar-refractivity contribution is -0.126. The van der Waals surface area contributed by atoms with E-state index in [0.717, 1.165) is 44.5 Å². The highest BCUT2D eigenvalue weighted by Gasteiger charge is 2.33. The molecule has 6 rings (SSSR count). The van der Waals surface area contributed by atoms with Crippen LogP contribution < -0.4 is 19.7 Å². The number of fused-ring (bicyclic) bond motifs is 2. The Labute approximate surface area is 215 Å². The van der Waals surface area contributed by atoms with Gasteiger partial charge in [-0.05, 0) is 79.0 Å². The Morgan fingerprint density at radius 2 is 1.89 bits per heavy atom. The topological polar surface area (TPSA) is 74.3 Å². The quantitative estimate of drug-likeness (QED) is 0.507. The van der Waals surface area contributed by atoms with E-state index in [-0.39, 0.29) is 11.8 Å². The van der Waals surface area contributed by atoms with Gasteiger partial charge in [-0.25, -0.2) is 0 Å². The highest BCUT2D eigenvalue weighted by Crippen LogP contribution is 2.34. The van der Waals surface area contributed by atoms with Gasteiger partial charge in [0.15, 0.2) is 11.5 Å². The third-order valence-electron chi connectivity index (χ3n) is 7.63. The maximum atomic E-state index is 13.4. The maximum Gasteiger partial charge on any atom is 0.225 e. The molecule has 2 fully saturated rings. The number of likely N-dealkylation sites (tertiary alicyclic amines) is 1. The number of carbonyl (C=O) groups excluding carboxylic acids is 1. The van der Waals surface area contributed by atoms with E-state index in [2.05, 4.69) is 44.8 Å². The third-order valence-corrected chi connectivity index (χ3v) is 8.51. The Kier molecular flexibility index (Phi) is 6.73. The van der Waals surface area contributed by atoms with Gasteiger partial charge in [0.05, 0.1) is 12.0 Å². The molecule has 1 amide bonds. The number of aliphatic hydroxyl groups excluding tert-OH is 1. The van der Waals surface area contributed by atoms with E-state index >= 15 is 0 Å². The molecule has 3 atom stereocenters. The number of hydrogen-bond acceptors (Lipinski definition) is 7. The van der Waals surface area contributed by atoms with Crippen LogP contribution in [0.15, 0.2) is 47.8 Å². The fraction of sp³-hybridized carbons (Fsp3) is 0.464. The van der Waals surface area contributed by atoms with Crippen LogP contribution >= 0.6 is 11.3 Å². The average Bonchev–Trinajstić information content (AvgIpc) is 3.69. The number of thiophene rings is 1. The first-order valence-corrected chi connectivity index (χ1v) is 13.8. The summed E-state index contributed by atoms with van der Waals surface area (Å²) in [4.78, 5) is 18.1. The number of nitrogens with one attached hydrogen (secondary N) is 1. The molecule has 3 aliphatic heterocycles. The first-order valence-electron chi connectivity index (χ1n) is 13.0. The smallest absolute Gasteiger partial charge is 0.225 e. The lowest BCUT2D eigenvalue weighted by Gasteiger charge is -2.30.